The largest absolute Gasteiger partial charge is 0.480 e. The predicted octanol–water partition coefficient (Wildman–Crippen LogP) is 0.502. The minimum absolute atomic E-state index is 0.407. The first-order valence-corrected chi connectivity index (χ1v) is 4.80. The van der Waals surface area contributed by atoms with Gasteiger partial charge >= 0.3 is 5.97 Å². The van der Waals surface area contributed by atoms with Crippen LogP contribution in [0.4, 0.5) is 0 Å². The number of allylic oxidation sites excluding steroid dienone is 1. The lowest BCUT2D eigenvalue weighted by Crippen LogP contribution is -2.44. The van der Waals surface area contributed by atoms with E-state index in [-0.39, 0.29) is 0 Å². The summed E-state index contributed by atoms with van der Waals surface area (Å²) in [6.07, 6.45) is 4.73. The second-order valence-corrected chi connectivity index (χ2v) is 3.71. The van der Waals surface area contributed by atoms with Crippen LogP contribution in [-0.2, 0) is 4.79 Å². The number of aliphatic carboxylic acids is 1. The van der Waals surface area contributed by atoms with Crippen molar-refractivity contribution >= 4 is 11.8 Å². The van der Waals surface area contributed by atoms with Gasteiger partial charge in [-0.15, -0.1) is 0 Å². The molecule has 1 atom stereocenters. The molecule has 5 heteroatoms. The van der Waals surface area contributed by atoms with Crippen LogP contribution in [0.2, 0.25) is 0 Å². The number of nitrogens with two attached hydrogens (primary N) is 2. The molecule has 0 spiro atoms. The molecule has 0 radical (unpaired) electrons. The summed E-state index contributed by atoms with van der Waals surface area (Å²) >= 11 is 0. The number of hydrogen-bond acceptors (Lipinski definition) is 3. The Morgan fingerprint density at radius 2 is 2.13 bits per heavy atom. The van der Waals surface area contributed by atoms with Gasteiger partial charge in [-0.2, -0.15) is 0 Å². The van der Waals surface area contributed by atoms with Gasteiger partial charge < -0.3 is 16.6 Å². The molecule has 0 saturated heterocycles. The van der Waals surface area contributed by atoms with Crippen molar-refractivity contribution in [3.63, 3.8) is 0 Å². The average molecular weight is 213 g/mol. The van der Waals surface area contributed by atoms with Crippen molar-refractivity contribution in [3.8, 4) is 0 Å². The van der Waals surface area contributed by atoms with E-state index < -0.39 is 11.5 Å². The molecule has 5 nitrogen and oxygen atoms in total. The summed E-state index contributed by atoms with van der Waals surface area (Å²) in [5.74, 6) is -0.444. The summed E-state index contributed by atoms with van der Waals surface area (Å²) < 4.78 is 0. The van der Waals surface area contributed by atoms with E-state index in [1.165, 1.54) is 6.92 Å². The molecule has 15 heavy (non-hydrogen) atoms. The van der Waals surface area contributed by atoms with E-state index in [1.807, 2.05) is 12.2 Å². The van der Waals surface area contributed by atoms with Gasteiger partial charge in [0.05, 0.1) is 12.4 Å². The van der Waals surface area contributed by atoms with E-state index in [2.05, 4.69) is 4.99 Å². The van der Waals surface area contributed by atoms with Gasteiger partial charge in [-0.3, -0.25) is 9.79 Å². The van der Waals surface area contributed by atoms with E-state index in [9.17, 15) is 4.79 Å². The normalized spacial score (nSPS) is 16.6. The Hall–Kier alpha value is -1.36. The molecule has 0 fully saturated rings. The first-order chi connectivity index (χ1) is 6.86. The predicted molar refractivity (Wildman–Crippen MR) is 60.8 cm³/mol. The number of hydrogen-bond donors (Lipinski definition) is 3. The third-order valence-corrected chi connectivity index (χ3v) is 1.93. The van der Waals surface area contributed by atoms with Gasteiger partial charge in [0.1, 0.15) is 5.54 Å². The summed E-state index contributed by atoms with van der Waals surface area (Å²) in [4.78, 5) is 14.6. The second-order valence-electron chi connectivity index (χ2n) is 3.71. The molecule has 0 heterocycles. The van der Waals surface area contributed by atoms with Crippen LogP contribution < -0.4 is 11.5 Å². The number of carboxylic acid groups (broad SMARTS) is 1. The molecule has 0 aromatic heterocycles. The molecule has 0 aromatic rings. The van der Waals surface area contributed by atoms with Crippen molar-refractivity contribution in [2.24, 2.45) is 16.5 Å². The first kappa shape index (κ1) is 13.6. The third kappa shape index (κ3) is 6.68. The number of aliphatic imine (C=N–C) groups is 1. The minimum Gasteiger partial charge on any atom is -0.480 e. The molecule has 0 aromatic carbocycles. The van der Waals surface area contributed by atoms with E-state index >= 15 is 0 Å². The summed E-state index contributed by atoms with van der Waals surface area (Å²) in [7, 11) is 0. The molecule has 0 rings (SSSR count). The van der Waals surface area contributed by atoms with Crippen LogP contribution in [0.3, 0.4) is 0 Å². The first-order valence-electron chi connectivity index (χ1n) is 4.80. The van der Waals surface area contributed by atoms with Gasteiger partial charge in [-0.1, -0.05) is 12.2 Å². The lowest BCUT2D eigenvalue weighted by molar-refractivity contribution is -0.142. The van der Waals surface area contributed by atoms with Gasteiger partial charge in [0.25, 0.3) is 0 Å². The van der Waals surface area contributed by atoms with Crippen LogP contribution in [0.25, 0.3) is 0 Å². The standard InChI is InChI=1S/C10H19N3O2/c1-8(11)13-7-5-3-4-6-10(2,12)9(14)15/h3,5H,4,6-7,12H2,1-2H3,(H2,11,13)(H,14,15)/t10-/m1/s1. The number of nitrogens with zero attached hydrogens (tertiary/aromatic N) is 1. The Balaban J connectivity index is 3.80. The number of carbonyl (C=O) groups is 1. The van der Waals surface area contributed by atoms with Gasteiger partial charge in [0.2, 0.25) is 0 Å². The molecular formula is C10H19N3O2. The highest BCUT2D eigenvalue weighted by atomic mass is 16.4. The van der Waals surface area contributed by atoms with E-state index in [0.717, 1.165) is 0 Å². The maximum atomic E-state index is 10.6. The van der Waals surface area contributed by atoms with Gasteiger partial charge in [0, 0.05) is 0 Å². The lowest BCUT2D eigenvalue weighted by Gasteiger charge is -2.17. The topological polar surface area (TPSA) is 102 Å². The smallest absolute Gasteiger partial charge is 0.323 e. The molecule has 0 aliphatic rings. The van der Waals surface area contributed by atoms with Crippen molar-refractivity contribution < 1.29 is 9.90 Å². The molecule has 0 bridgehead atoms. The Morgan fingerprint density at radius 1 is 1.53 bits per heavy atom. The number of carboxylic acids is 1. The van der Waals surface area contributed by atoms with Crippen LogP contribution in [0.1, 0.15) is 26.7 Å². The Kier molecular flexibility index (Phi) is 5.62. The van der Waals surface area contributed by atoms with Crippen molar-refractivity contribution in [1.82, 2.24) is 0 Å². The molecule has 0 amide bonds. The zero-order chi connectivity index (χ0) is 11.9. The Morgan fingerprint density at radius 3 is 2.60 bits per heavy atom. The quantitative estimate of drug-likeness (QED) is 0.339. The average Bonchev–Trinajstić information content (AvgIpc) is 2.10. The maximum Gasteiger partial charge on any atom is 0.323 e. The highest BCUT2D eigenvalue weighted by Crippen LogP contribution is 2.09. The summed E-state index contributed by atoms with van der Waals surface area (Å²) in [6, 6.07) is 0. The van der Waals surface area contributed by atoms with Crippen LogP contribution in [0.5, 0.6) is 0 Å². The molecule has 86 valence electrons. The highest BCUT2D eigenvalue weighted by molar-refractivity contribution is 5.78. The molecule has 0 unspecified atom stereocenters. The second kappa shape index (κ2) is 6.19. The molecular weight excluding hydrogens is 194 g/mol. The van der Waals surface area contributed by atoms with Gasteiger partial charge in [-0.25, -0.2) is 0 Å². The Labute approximate surface area is 89.9 Å². The monoisotopic (exact) mass is 213 g/mol. The van der Waals surface area contributed by atoms with Crippen molar-refractivity contribution in [2.45, 2.75) is 32.2 Å². The summed E-state index contributed by atoms with van der Waals surface area (Å²) in [5.41, 5.74) is 9.72. The molecule has 0 saturated carbocycles. The zero-order valence-corrected chi connectivity index (χ0v) is 9.23. The molecule has 0 aliphatic carbocycles. The fourth-order valence-corrected chi connectivity index (χ4v) is 0.879. The lowest BCUT2D eigenvalue weighted by atomic mass is 9.97. The molecule has 0 aliphatic heterocycles. The minimum atomic E-state index is -1.16. The van der Waals surface area contributed by atoms with Crippen molar-refractivity contribution in [1.29, 1.82) is 0 Å². The fourth-order valence-electron chi connectivity index (χ4n) is 0.879. The highest BCUT2D eigenvalue weighted by Gasteiger charge is 2.26. The van der Waals surface area contributed by atoms with Crippen molar-refractivity contribution in [2.75, 3.05) is 6.54 Å². The Bertz CT molecular complexity index is 266. The van der Waals surface area contributed by atoms with Gasteiger partial charge in [0.15, 0.2) is 0 Å². The van der Waals surface area contributed by atoms with Crippen LogP contribution in [-0.4, -0.2) is 29.0 Å². The zero-order valence-electron chi connectivity index (χ0n) is 9.23. The van der Waals surface area contributed by atoms with Gasteiger partial charge in [-0.05, 0) is 26.7 Å². The van der Waals surface area contributed by atoms with E-state index in [0.29, 0.717) is 25.2 Å². The third-order valence-electron chi connectivity index (χ3n) is 1.93. The van der Waals surface area contributed by atoms with Crippen LogP contribution in [0, 0.1) is 0 Å². The fraction of sp³-hybridized carbons (Fsp3) is 0.600. The number of rotatable bonds is 6. The van der Waals surface area contributed by atoms with E-state index in [4.69, 9.17) is 16.6 Å². The van der Waals surface area contributed by atoms with Crippen molar-refractivity contribution in [3.05, 3.63) is 12.2 Å². The summed E-state index contributed by atoms with van der Waals surface area (Å²) in [6.45, 7) is 3.75. The van der Waals surface area contributed by atoms with Crippen LogP contribution >= 0.6 is 0 Å². The van der Waals surface area contributed by atoms with E-state index in [1.54, 1.807) is 6.92 Å². The number of amidine groups is 1. The maximum absolute atomic E-state index is 10.6. The van der Waals surface area contributed by atoms with Crippen LogP contribution in [0.15, 0.2) is 17.1 Å². The SMILES string of the molecule is CC(N)=NCC=CCC[C@@](C)(N)C(=O)O. The molecule has 5 N–H and O–H groups in total. The summed E-state index contributed by atoms with van der Waals surface area (Å²) in [5, 5.41) is 8.73.